The Balaban J connectivity index is 2.21. The van der Waals surface area contributed by atoms with Crippen LogP contribution in [0.15, 0.2) is 18.2 Å². The minimum atomic E-state index is -0.0315. The van der Waals surface area contributed by atoms with Crippen molar-refractivity contribution >= 4 is 29.0 Å². The van der Waals surface area contributed by atoms with Crippen molar-refractivity contribution in [3.05, 3.63) is 28.8 Å². The normalized spacial score (nSPS) is 13.6. The molecule has 3 rings (SSSR count). The van der Waals surface area contributed by atoms with Crippen LogP contribution in [0.4, 0.5) is 11.5 Å². The molecule has 1 aliphatic heterocycles. The molecule has 1 aliphatic rings. The lowest BCUT2D eigenvalue weighted by molar-refractivity contribution is -0.115. The Hall–Kier alpha value is -2.01. The number of halogens is 1. The van der Waals surface area contributed by atoms with Gasteiger partial charge in [0, 0.05) is 16.7 Å². The molecule has 1 aromatic carbocycles. The molecule has 0 atom stereocenters. The molecule has 0 saturated carbocycles. The predicted molar refractivity (Wildman–Crippen MR) is 65.8 cm³/mol. The first-order valence-corrected chi connectivity index (χ1v) is 5.45. The Bertz CT molecular complexity index is 620. The van der Waals surface area contributed by atoms with Gasteiger partial charge in [-0.1, -0.05) is 11.6 Å². The SMILES string of the molecule is Nc1cc(-c2cc(Cl)cc3c2NC(=O)C3)[nH]n1. The van der Waals surface area contributed by atoms with Gasteiger partial charge in [0.2, 0.25) is 5.91 Å². The fraction of sp³-hybridized carbons (Fsp3) is 0.0909. The monoisotopic (exact) mass is 248 g/mol. The van der Waals surface area contributed by atoms with E-state index in [9.17, 15) is 4.79 Å². The van der Waals surface area contributed by atoms with Gasteiger partial charge in [-0.3, -0.25) is 9.89 Å². The highest BCUT2D eigenvalue weighted by atomic mass is 35.5. The summed E-state index contributed by atoms with van der Waals surface area (Å²) in [6.45, 7) is 0. The van der Waals surface area contributed by atoms with Crippen molar-refractivity contribution in [3.8, 4) is 11.3 Å². The molecule has 6 heteroatoms. The van der Waals surface area contributed by atoms with Gasteiger partial charge in [-0.2, -0.15) is 5.10 Å². The molecule has 0 spiro atoms. The number of hydrogen-bond donors (Lipinski definition) is 3. The van der Waals surface area contributed by atoms with Gasteiger partial charge in [0.25, 0.3) is 0 Å². The van der Waals surface area contributed by atoms with Crippen molar-refractivity contribution in [3.63, 3.8) is 0 Å². The molecule has 4 N–H and O–H groups in total. The molecule has 0 bridgehead atoms. The van der Waals surface area contributed by atoms with Crippen molar-refractivity contribution in [1.82, 2.24) is 10.2 Å². The minimum Gasteiger partial charge on any atom is -0.382 e. The molecule has 2 heterocycles. The zero-order valence-corrected chi connectivity index (χ0v) is 9.51. The molecule has 0 unspecified atom stereocenters. The topological polar surface area (TPSA) is 83.8 Å². The molecule has 0 radical (unpaired) electrons. The number of H-pyrrole nitrogens is 1. The number of nitrogen functional groups attached to an aromatic ring is 1. The second-order valence-electron chi connectivity index (χ2n) is 3.92. The first-order valence-electron chi connectivity index (χ1n) is 5.07. The van der Waals surface area contributed by atoms with E-state index < -0.39 is 0 Å². The highest BCUT2D eigenvalue weighted by Crippen LogP contribution is 2.36. The third-order valence-corrected chi connectivity index (χ3v) is 2.91. The first-order chi connectivity index (χ1) is 8.13. The summed E-state index contributed by atoms with van der Waals surface area (Å²) in [4.78, 5) is 11.4. The van der Waals surface area contributed by atoms with Crippen molar-refractivity contribution in [2.75, 3.05) is 11.1 Å². The average Bonchev–Trinajstić information content (AvgIpc) is 2.82. The van der Waals surface area contributed by atoms with Crippen LogP contribution in [0.5, 0.6) is 0 Å². The molecular formula is C11H9ClN4O. The summed E-state index contributed by atoms with van der Waals surface area (Å²) >= 11 is 6.03. The van der Waals surface area contributed by atoms with Crippen molar-refractivity contribution in [2.24, 2.45) is 0 Å². The van der Waals surface area contributed by atoms with Gasteiger partial charge in [0.15, 0.2) is 0 Å². The molecule has 5 nitrogen and oxygen atoms in total. The number of carbonyl (C=O) groups excluding carboxylic acids is 1. The largest absolute Gasteiger partial charge is 0.382 e. The van der Waals surface area contributed by atoms with Crippen molar-refractivity contribution in [1.29, 1.82) is 0 Å². The second-order valence-corrected chi connectivity index (χ2v) is 4.36. The highest BCUT2D eigenvalue weighted by molar-refractivity contribution is 6.31. The van der Waals surface area contributed by atoms with Crippen LogP contribution < -0.4 is 11.1 Å². The van der Waals surface area contributed by atoms with Gasteiger partial charge in [-0.15, -0.1) is 0 Å². The Labute approximate surface area is 102 Å². The lowest BCUT2D eigenvalue weighted by Crippen LogP contribution is -2.04. The summed E-state index contributed by atoms with van der Waals surface area (Å²) in [5, 5.41) is 10.1. The van der Waals surface area contributed by atoms with E-state index in [2.05, 4.69) is 15.5 Å². The maximum atomic E-state index is 11.4. The van der Waals surface area contributed by atoms with Gasteiger partial charge in [0.05, 0.1) is 17.8 Å². The van der Waals surface area contributed by atoms with E-state index in [0.717, 1.165) is 22.5 Å². The van der Waals surface area contributed by atoms with E-state index in [0.29, 0.717) is 17.3 Å². The number of aromatic nitrogens is 2. The quantitative estimate of drug-likeness (QED) is 0.720. The highest BCUT2D eigenvalue weighted by Gasteiger charge is 2.22. The van der Waals surface area contributed by atoms with E-state index in [1.54, 1.807) is 18.2 Å². The number of nitrogens with one attached hydrogen (secondary N) is 2. The number of hydrogen-bond acceptors (Lipinski definition) is 3. The van der Waals surface area contributed by atoms with Gasteiger partial charge in [-0.25, -0.2) is 0 Å². The van der Waals surface area contributed by atoms with Gasteiger partial charge >= 0.3 is 0 Å². The van der Waals surface area contributed by atoms with E-state index >= 15 is 0 Å². The van der Waals surface area contributed by atoms with Crippen LogP contribution in [0.2, 0.25) is 5.02 Å². The summed E-state index contributed by atoms with van der Waals surface area (Å²) in [7, 11) is 0. The third kappa shape index (κ3) is 1.64. The lowest BCUT2D eigenvalue weighted by Gasteiger charge is -2.06. The van der Waals surface area contributed by atoms with E-state index in [4.69, 9.17) is 17.3 Å². The number of aromatic amines is 1. The Morgan fingerprint density at radius 2 is 2.18 bits per heavy atom. The number of nitrogens with zero attached hydrogens (tertiary/aromatic N) is 1. The van der Waals surface area contributed by atoms with Crippen LogP contribution in [0, 0.1) is 0 Å². The fourth-order valence-corrected chi connectivity index (χ4v) is 2.24. The number of rotatable bonds is 1. The average molecular weight is 249 g/mol. The van der Waals surface area contributed by atoms with Gasteiger partial charge in [-0.05, 0) is 17.7 Å². The number of fused-ring (bicyclic) bond motifs is 1. The number of anilines is 2. The van der Waals surface area contributed by atoms with Gasteiger partial charge in [0.1, 0.15) is 5.82 Å². The van der Waals surface area contributed by atoms with Crippen LogP contribution in [0.3, 0.4) is 0 Å². The van der Waals surface area contributed by atoms with E-state index in [1.807, 2.05) is 0 Å². The number of amides is 1. The minimum absolute atomic E-state index is 0.0315. The van der Waals surface area contributed by atoms with Gasteiger partial charge < -0.3 is 11.1 Å². The zero-order valence-electron chi connectivity index (χ0n) is 8.75. The van der Waals surface area contributed by atoms with Crippen LogP contribution >= 0.6 is 11.6 Å². The molecule has 0 fully saturated rings. The predicted octanol–water partition coefficient (Wildman–Crippen LogP) is 1.81. The summed E-state index contributed by atoms with van der Waals surface area (Å²) in [6.07, 6.45) is 0.354. The van der Waals surface area contributed by atoms with Crippen LogP contribution in [-0.4, -0.2) is 16.1 Å². The lowest BCUT2D eigenvalue weighted by atomic mass is 10.1. The molecule has 1 aromatic heterocycles. The molecule has 86 valence electrons. The summed E-state index contributed by atoms with van der Waals surface area (Å²) in [6, 6.07) is 5.27. The summed E-state index contributed by atoms with van der Waals surface area (Å²) < 4.78 is 0. The Kier molecular flexibility index (Phi) is 2.09. The second kappa shape index (κ2) is 3.49. The standard InChI is InChI=1S/C11H9ClN4O/c12-6-1-5-2-10(17)14-11(5)7(3-6)8-4-9(13)16-15-8/h1,3-4H,2H2,(H,14,17)(H3,13,15,16). The molecule has 0 saturated heterocycles. The van der Waals surface area contributed by atoms with E-state index in [1.165, 1.54) is 0 Å². The maximum Gasteiger partial charge on any atom is 0.228 e. The first kappa shape index (κ1) is 10.2. The molecule has 2 aromatic rings. The molecular weight excluding hydrogens is 240 g/mol. The molecule has 17 heavy (non-hydrogen) atoms. The number of carbonyl (C=O) groups is 1. The molecule has 0 aliphatic carbocycles. The maximum absolute atomic E-state index is 11.4. The van der Waals surface area contributed by atoms with Crippen molar-refractivity contribution in [2.45, 2.75) is 6.42 Å². The van der Waals surface area contributed by atoms with Crippen molar-refractivity contribution < 1.29 is 4.79 Å². The molecule has 1 amide bonds. The number of nitrogens with two attached hydrogens (primary N) is 1. The third-order valence-electron chi connectivity index (χ3n) is 2.69. The summed E-state index contributed by atoms with van der Waals surface area (Å²) in [5.41, 5.74) is 8.79. The number of benzene rings is 1. The zero-order chi connectivity index (χ0) is 12.0. The van der Waals surface area contributed by atoms with E-state index in [-0.39, 0.29) is 5.91 Å². The Morgan fingerprint density at radius 1 is 1.35 bits per heavy atom. The smallest absolute Gasteiger partial charge is 0.228 e. The van der Waals surface area contributed by atoms with Crippen LogP contribution in [0.1, 0.15) is 5.56 Å². The van der Waals surface area contributed by atoms with Crippen LogP contribution in [0.25, 0.3) is 11.3 Å². The Morgan fingerprint density at radius 3 is 2.88 bits per heavy atom. The van der Waals surface area contributed by atoms with Crippen LogP contribution in [-0.2, 0) is 11.2 Å². The fourth-order valence-electron chi connectivity index (χ4n) is 1.99. The summed E-state index contributed by atoms with van der Waals surface area (Å²) in [5.74, 6) is 0.369.